The Bertz CT molecular complexity index is 536. The summed E-state index contributed by atoms with van der Waals surface area (Å²) in [7, 11) is 7.20. The maximum atomic E-state index is 5.36. The topological polar surface area (TPSA) is 46.1 Å². The van der Waals surface area contributed by atoms with Crippen LogP contribution in [0.15, 0.2) is 23.2 Å². The Morgan fingerprint density at radius 2 is 1.83 bits per heavy atom. The summed E-state index contributed by atoms with van der Waals surface area (Å²) in [6.07, 6.45) is 2.02. The average molecular weight is 335 g/mol. The summed E-state index contributed by atoms with van der Waals surface area (Å²) in [6.45, 7) is 8.55. The van der Waals surface area contributed by atoms with Crippen molar-refractivity contribution in [2.75, 3.05) is 41.4 Å². The van der Waals surface area contributed by atoms with Gasteiger partial charge in [-0.15, -0.1) is 0 Å². The van der Waals surface area contributed by atoms with Crippen molar-refractivity contribution in [3.05, 3.63) is 23.8 Å². The van der Waals surface area contributed by atoms with Crippen LogP contribution < -0.4 is 14.8 Å². The van der Waals surface area contributed by atoms with Crippen LogP contribution in [0.1, 0.15) is 32.8 Å². The fourth-order valence-corrected chi connectivity index (χ4v) is 2.37. The summed E-state index contributed by atoms with van der Waals surface area (Å²) in [6, 6.07) is 6.05. The van der Waals surface area contributed by atoms with E-state index in [0.717, 1.165) is 43.4 Å². The van der Waals surface area contributed by atoms with E-state index >= 15 is 0 Å². The van der Waals surface area contributed by atoms with Gasteiger partial charge < -0.3 is 19.7 Å². The molecule has 0 saturated carbocycles. The van der Waals surface area contributed by atoms with Gasteiger partial charge in [0.25, 0.3) is 0 Å². The molecule has 0 atom stereocenters. The lowest BCUT2D eigenvalue weighted by Crippen LogP contribution is -2.41. The van der Waals surface area contributed by atoms with Gasteiger partial charge in [-0.05, 0) is 36.0 Å². The number of ether oxygens (including phenoxy) is 2. The van der Waals surface area contributed by atoms with E-state index in [0.29, 0.717) is 5.41 Å². The highest BCUT2D eigenvalue weighted by Gasteiger charge is 2.12. The second-order valence-electron chi connectivity index (χ2n) is 7.15. The predicted molar refractivity (Wildman–Crippen MR) is 101 cm³/mol. The molecule has 24 heavy (non-hydrogen) atoms. The number of likely N-dealkylation sites (N-methyl/N-ethyl adjacent to an activating group) is 1. The molecule has 1 rings (SSSR count). The van der Waals surface area contributed by atoms with Crippen molar-refractivity contribution >= 4 is 5.96 Å². The number of methoxy groups -OCH3 is 2. The second-order valence-corrected chi connectivity index (χ2v) is 7.15. The molecule has 136 valence electrons. The van der Waals surface area contributed by atoms with E-state index in [9.17, 15) is 0 Å². The van der Waals surface area contributed by atoms with Crippen molar-refractivity contribution in [3.8, 4) is 11.5 Å². The zero-order chi connectivity index (χ0) is 18.2. The third kappa shape index (κ3) is 6.69. The van der Waals surface area contributed by atoms with Crippen LogP contribution in [0.2, 0.25) is 0 Å². The van der Waals surface area contributed by atoms with Gasteiger partial charge in [0.2, 0.25) is 0 Å². The van der Waals surface area contributed by atoms with Gasteiger partial charge in [0, 0.05) is 27.2 Å². The Kier molecular flexibility index (Phi) is 7.89. The number of nitrogens with zero attached hydrogens (tertiary/aromatic N) is 2. The van der Waals surface area contributed by atoms with Gasteiger partial charge >= 0.3 is 0 Å². The van der Waals surface area contributed by atoms with Crippen LogP contribution in [-0.2, 0) is 6.42 Å². The second kappa shape index (κ2) is 9.40. The van der Waals surface area contributed by atoms with E-state index in [1.54, 1.807) is 14.2 Å². The van der Waals surface area contributed by atoms with Crippen molar-refractivity contribution in [2.24, 2.45) is 10.4 Å². The first kappa shape index (κ1) is 20.1. The Balaban J connectivity index is 2.56. The molecule has 0 aliphatic rings. The monoisotopic (exact) mass is 335 g/mol. The third-order valence-electron chi connectivity index (χ3n) is 3.92. The standard InChI is InChI=1S/C19H33N3O2/c1-19(2,3)11-12-21-18(20-4)22(5)13-10-15-8-9-16(23-6)17(14-15)24-7/h8-9,14H,10-13H2,1-7H3,(H,20,21). The molecule has 5 nitrogen and oxygen atoms in total. The summed E-state index contributed by atoms with van der Waals surface area (Å²) in [5, 5.41) is 3.43. The van der Waals surface area contributed by atoms with Gasteiger partial charge in [-0.25, -0.2) is 0 Å². The van der Waals surface area contributed by atoms with Crippen molar-refractivity contribution in [3.63, 3.8) is 0 Å². The summed E-state index contributed by atoms with van der Waals surface area (Å²) >= 11 is 0. The SMILES string of the molecule is CN=C(NCCC(C)(C)C)N(C)CCc1ccc(OC)c(OC)c1. The maximum absolute atomic E-state index is 5.36. The number of nitrogens with one attached hydrogen (secondary N) is 1. The van der Waals surface area contributed by atoms with E-state index in [2.05, 4.69) is 49.1 Å². The lowest BCUT2D eigenvalue weighted by Gasteiger charge is -2.24. The molecule has 0 amide bonds. The Hall–Kier alpha value is -1.91. The number of rotatable bonds is 7. The van der Waals surface area contributed by atoms with Crippen molar-refractivity contribution in [1.82, 2.24) is 10.2 Å². The number of aliphatic imine (C=N–C) groups is 1. The molecule has 0 bridgehead atoms. The van der Waals surface area contributed by atoms with Crippen LogP contribution in [0.25, 0.3) is 0 Å². The number of guanidine groups is 1. The summed E-state index contributed by atoms with van der Waals surface area (Å²) in [5.74, 6) is 2.46. The van der Waals surface area contributed by atoms with Crippen LogP contribution >= 0.6 is 0 Å². The molecular weight excluding hydrogens is 302 g/mol. The van der Waals surface area contributed by atoms with Gasteiger partial charge in [-0.1, -0.05) is 26.8 Å². The number of hydrogen-bond donors (Lipinski definition) is 1. The minimum absolute atomic E-state index is 0.323. The van der Waals surface area contributed by atoms with Crippen molar-refractivity contribution in [2.45, 2.75) is 33.6 Å². The minimum atomic E-state index is 0.323. The molecule has 1 N–H and O–H groups in total. The molecule has 0 unspecified atom stereocenters. The first-order valence-electron chi connectivity index (χ1n) is 8.43. The molecule has 1 aromatic carbocycles. The van der Waals surface area contributed by atoms with Crippen LogP contribution in [0.3, 0.4) is 0 Å². The van der Waals surface area contributed by atoms with Crippen LogP contribution in [0.5, 0.6) is 11.5 Å². The lowest BCUT2D eigenvalue weighted by molar-refractivity contribution is 0.354. The van der Waals surface area contributed by atoms with E-state index in [-0.39, 0.29) is 0 Å². The molecule has 0 heterocycles. The van der Waals surface area contributed by atoms with Crippen molar-refractivity contribution < 1.29 is 9.47 Å². The smallest absolute Gasteiger partial charge is 0.193 e. The molecule has 0 aliphatic heterocycles. The minimum Gasteiger partial charge on any atom is -0.493 e. The van der Waals surface area contributed by atoms with Crippen LogP contribution in [0, 0.1) is 5.41 Å². The fourth-order valence-electron chi connectivity index (χ4n) is 2.37. The Morgan fingerprint density at radius 1 is 1.17 bits per heavy atom. The predicted octanol–water partition coefficient (Wildman–Crippen LogP) is 3.19. The van der Waals surface area contributed by atoms with E-state index in [4.69, 9.17) is 9.47 Å². The molecule has 0 aromatic heterocycles. The number of benzene rings is 1. The lowest BCUT2D eigenvalue weighted by atomic mass is 9.92. The molecule has 0 radical (unpaired) electrons. The summed E-state index contributed by atoms with van der Waals surface area (Å²) in [5.41, 5.74) is 1.54. The molecule has 5 heteroatoms. The highest BCUT2D eigenvalue weighted by atomic mass is 16.5. The zero-order valence-corrected chi connectivity index (χ0v) is 16.3. The average Bonchev–Trinajstić information content (AvgIpc) is 2.55. The van der Waals surface area contributed by atoms with E-state index in [1.165, 1.54) is 5.56 Å². The first-order chi connectivity index (χ1) is 11.3. The molecule has 0 fully saturated rings. The van der Waals surface area contributed by atoms with Gasteiger partial charge in [0.05, 0.1) is 14.2 Å². The quantitative estimate of drug-likeness (QED) is 0.614. The highest BCUT2D eigenvalue weighted by molar-refractivity contribution is 5.79. The third-order valence-corrected chi connectivity index (χ3v) is 3.92. The normalized spacial score (nSPS) is 12.0. The van der Waals surface area contributed by atoms with E-state index in [1.807, 2.05) is 19.2 Å². The molecule has 0 saturated heterocycles. The van der Waals surface area contributed by atoms with Crippen LogP contribution in [-0.4, -0.2) is 52.3 Å². The van der Waals surface area contributed by atoms with Gasteiger partial charge in [0.1, 0.15) is 0 Å². The highest BCUT2D eigenvalue weighted by Crippen LogP contribution is 2.27. The van der Waals surface area contributed by atoms with Gasteiger partial charge in [-0.3, -0.25) is 4.99 Å². The number of hydrogen-bond acceptors (Lipinski definition) is 3. The first-order valence-corrected chi connectivity index (χ1v) is 8.43. The summed E-state index contributed by atoms with van der Waals surface area (Å²) in [4.78, 5) is 6.52. The zero-order valence-electron chi connectivity index (χ0n) is 16.3. The van der Waals surface area contributed by atoms with E-state index < -0.39 is 0 Å². The van der Waals surface area contributed by atoms with Gasteiger partial charge in [-0.2, -0.15) is 0 Å². The largest absolute Gasteiger partial charge is 0.493 e. The molecule has 0 aliphatic carbocycles. The molecule has 1 aromatic rings. The summed E-state index contributed by atoms with van der Waals surface area (Å²) < 4.78 is 10.6. The Labute approximate surface area is 147 Å². The molecule has 0 spiro atoms. The maximum Gasteiger partial charge on any atom is 0.193 e. The fraction of sp³-hybridized carbons (Fsp3) is 0.632. The Morgan fingerprint density at radius 3 is 2.38 bits per heavy atom. The van der Waals surface area contributed by atoms with Crippen LogP contribution in [0.4, 0.5) is 0 Å². The molecular formula is C19H33N3O2. The van der Waals surface area contributed by atoms with Crippen molar-refractivity contribution in [1.29, 1.82) is 0 Å². The van der Waals surface area contributed by atoms with Gasteiger partial charge in [0.15, 0.2) is 17.5 Å².